The van der Waals surface area contributed by atoms with E-state index in [1.54, 1.807) is 34.6 Å². The van der Waals surface area contributed by atoms with Gasteiger partial charge in [0, 0.05) is 13.7 Å². The van der Waals surface area contributed by atoms with Gasteiger partial charge in [0.25, 0.3) is 5.92 Å². The molecule has 0 spiro atoms. The van der Waals surface area contributed by atoms with Gasteiger partial charge in [-0.3, -0.25) is 9.74 Å². The summed E-state index contributed by atoms with van der Waals surface area (Å²) in [5.41, 5.74) is -2.06. The van der Waals surface area contributed by atoms with Crippen LogP contribution >= 0.6 is 0 Å². The van der Waals surface area contributed by atoms with E-state index >= 15 is 0 Å². The first-order valence-corrected chi connectivity index (χ1v) is 10.4. The molecule has 2 fully saturated rings. The number of hydrogen-bond donors (Lipinski definition) is 0. The molecule has 0 bridgehead atoms. The molecule has 2 rings (SSSR count). The molecule has 2 aliphatic heterocycles. The Balaban J connectivity index is 2.01. The fourth-order valence-corrected chi connectivity index (χ4v) is 3.73. The number of carbonyl (C=O) groups excluding carboxylic acids is 2. The van der Waals surface area contributed by atoms with Crippen molar-refractivity contribution in [3.05, 3.63) is 0 Å². The van der Waals surface area contributed by atoms with E-state index in [4.69, 9.17) is 23.8 Å². The minimum atomic E-state index is -3.16. The second kappa shape index (κ2) is 9.93. The van der Waals surface area contributed by atoms with Crippen LogP contribution in [0.25, 0.3) is 0 Å². The Morgan fingerprint density at radius 1 is 1.23 bits per heavy atom. The van der Waals surface area contributed by atoms with Gasteiger partial charge in [0.15, 0.2) is 5.60 Å². The topological polar surface area (TPSA) is 86.8 Å². The molecule has 0 aliphatic carbocycles. The van der Waals surface area contributed by atoms with Crippen LogP contribution in [0, 0.1) is 0 Å². The average molecular weight is 452 g/mol. The number of rotatable bonds is 9. The van der Waals surface area contributed by atoms with E-state index in [2.05, 4.69) is 0 Å². The molecule has 0 saturated carbocycles. The van der Waals surface area contributed by atoms with Crippen molar-refractivity contribution in [2.45, 2.75) is 76.7 Å². The second-order valence-electron chi connectivity index (χ2n) is 8.92. The zero-order chi connectivity index (χ0) is 23.4. The molecule has 1 amide bonds. The first-order valence-electron chi connectivity index (χ1n) is 10.4. The van der Waals surface area contributed by atoms with Gasteiger partial charge in [-0.1, -0.05) is 0 Å². The van der Waals surface area contributed by atoms with Crippen molar-refractivity contribution in [2.75, 3.05) is 40.2 Å². The Morgan fingerprint density at radius 3 is 2.48 bits per heavy atom. The van der Waals surface area contributed by atoms with Crippen molar-refractivity contribution < 1.29 is 42.2 Å². The Hall–Kier alpha value is -1.56. The molecular weight excluding hydrogens is 418 g/mol. The number of amides is 1. The van der Waals surface area contributed by atoms with Crippen molar-refractivity contribution in [1.82, 2.24) is 9.96 Å². The molecular formula is C20H34F2N2O7. The number of hydroxylamine groups is 2. The third-order valence-corrected chi connectivity index (χ3v) is 5.16. The van der Waals surface area contributed by atoms with E-state index in [9.17, 15) is 18.4 Å². The Kier molecular flexibility index (Phi) is 8.23. The molecule has 180 valence electrons. The molecule has 11 heteroatoms. The zero-order valence-electron chi connectivity index (χ0n) is 19.1. The van der Waals surface area contributed by atoms with Gasteiger partial charge >= 0.3 is 12.1 Å². The lowest BCUT2D eigenvalue weighted by Crippen LogP contribution is -2.46. The van der Waals surface area contributed by atoms with E-state index in [1.165, 1.54) is 12.2 Å². The minimum Gasteiger partial charge on any atom is -0.464 e. The van der Waals surface area contributed by atoms with Crippen LogP contribution in [0.1, 0.15) is 47.5 Å². The highest BCUT2D eigenvalue weighted by Gasteiger charge is 2.62. The fourth-order valence-electron chi connectivity index (χ4n) is 3.73. The largest absolute Gasteiger partial charge is 0.464 e. The highest BCUT2D eigenvalue weighted by Crippen LogP contribution is 2.41. The minimum absolute atomic E-state index is 0.0468. The number of nitrogens with zero attached hydrogens (tertiary/aromatic N) is 2. The highest BCUT2D eigenvalue weighted by atomic mass is 19.3. The number of likely N-dealkylation sites (tertiary alicyclic amines) is 1. The van der Waals surface area contributed by atoms with Crippen molar-refractivity contribution in [3.63, 3.8) is 0 Å². The standard InChI is InChI=1S/C20H34F2N2O7/c1-7-28-16(25)19(5,29-13-27-6)9-8-10-24-15-14(11-30-24)23(12-20(15,21)22)17(26)31-18(2,3)4/h14-15H,7-13H2,1-6H3. The third-order valence-electron chi connectivity index (χ3n) is 5.16. The summed E-state index contributed by atoms with van der Waals surface area (Å²) in [7, 11) is 1.43. The summed E-state index contributed by atoms with van der Waals surface area (Å²) in [6.07, 6.45) is -0.244. The predicted octanol–water partition coefficient (Wildman–Crippen LogP) is 2.58. The summed E-state index contributed by atoms with van der Waals surface area (Å²) < 4.78 is 50.3. The normalized spacial score (nSPS) is 25.2. The van der Waals surface area contributed by atoms with E-state index in [1.807, 2.05) is 0 Å². The summed E-state index contributed by atoms with van der Waals surface area (Å²) >= 11 is 0. The molecule has 0 radical (unpaired) electrons. The van der Waals surface area contributed by atoms with Gasteiger partial charge in [0.1, 0.15) is 18.4 Å². The summed E-state index contributed by atoms with van der Waals surface area (Å²) in [6, 6.07) is -2.10. The van der Waals surface area contributed by atoms with E-state index in [0.717, 1.165) is 4.90 Å². The Labute approximate surface area is 181 Å². The van der Waals surface area contributed by atoms with Crippen LogP contribution in [0.2, 0.25) is 0 Å². The zero-order valence-corrected chi connectivity index (χ0v) is 19.1. The van der Waals surface area contributed by atoms with Crippen molar-refractivity contribution in [2.24, 2.45) is 0 Å². The summed E-state index contributed by atoms with van der Waals surface area (Å²) in [5, 5.41) is 1.21. The van der Waals surface area contributed by atoms with Gasteiger partial charge in [-0.05, 0) is 47.5 Å². The van der Waals surface area contributed by atoms with E-state index in [-0.39, 0.29) is 33.0 Å². The van der Waals surface area contributed by atoms with Gasteiger partial charge in [-0.2, -0.15) is 5.06 Å². The first-order chi connectivity index (χ1) is 14.3. The summed E-state index contributed by atoms with van der Waals surface area (Å²) in [6.45, 7) is 7.74. The van der Waals surface area contributed by atoms with Gasteiger partial charge in [0.05, 0.1) is 25.8 Å². The predicted molar refractivity (Wildman–Crippen MR) is 105 cm³/mol. The van der Waals surface area contributed by atoms with Crippen molar-refractivity contribution in [1.29, 1.82) is 0 Å². The number of fused-ring (bicyclic) bond motifs is 1. The number of halogens is 2. The number of hydrogen-bond acceptors (Lipinski definition) is 8. The molecule has 9 nitrogen and oxygen atoms in total. The smallest absolute Gasteiger partial charge is 0.410 e. The number of esters is 1. The number of ether oxygens (including phenoxy) is 4. The quantitative estimate of drug-likeness (QED) is 0.390. The molecule has 2 heterocycles. The third kappa shape index (κ3) is 6.24. The molecule has 0 aromatic heterocycles. The van der Waals surface area contributed by atoms with Gasteiger partial charge in [-0.25, -0.2) is 18.4 Å². The summed E-state index contributed by atoms with van der Waals surface area (Å²) in [4.78, 5) is 31.2. The van der Waals surface area contributed by atoms with Crippen molar-refractivity contribution in [3.8, 4) is 0 Å². The molecule has 0 N–H and O–H groups in total. The van der Waals surface area contributed by atoms with Crippen LogP contribution in [0.4, 0.5) is 13.6 Å². The van der Waals surface area contributed by atoms with Gasteiger partial charge < -0.3 is 18.9 Å². The molecule has 0 aromatic rings. The monoisotopic (exact) mass is 452 g/mol. The van der Waals surface area contributed by atoms with Crippen LogP contribution in [-0.2, 0) is 28.6 Å². The molecule has 0 aromatic carbocycles. The van der Waals surface area contributed by atoms with E-state index < -0.39 is 47.8 Å². The van der Waals surface area contributed by atoms with Crippen LogP contribution < -0.4 is 0 Å². The maximum Gasteiger partial charge on any atom is 0.410 e. The van der Waals surface area contributed by atoms with Gasteiger partial charge in [0.2, 0.25) is 0 Å². The van der Waals surface area contributed by atoms with E-state index in [0.29, 0.717) is 6.42 Å². The van der Waals surface area contributed by atoms with Gasteiger partial charge in [-0.15, -0.1) is 0 Å². The van der Waals surface area contributed by atoms with Crippen LogP contribution in [0.5, 0.6) is 0 Å². The highest BCUT2D eigenvalue weighted by molar-refractivity contribution is 5.79. The maximum atomic E-state index is 14.8. The second-order valence-corrected chi connectivity index (χ2v) is 8.92. The average Bonchev–Trinajstić information content (AvgIpc) is 3.18. The number of alkyl halides is 2. The first kappa shape index (κ1) is 25.7. The van der Waals surface area contributed by atoms with Crippen molar-refractivity contribution >= 4 is 12.1 Å². The van der Waals surface area contributed by atoms with Crippen LogP contribution in [-0.4, -0.2) is 91.4 Å². The Morgan fingerprint density at radius 2 is 1.90 bits per heavy atom. The molecule has 3 atom stereocenters. The maximum absolute atomic E-state index is 14.8. The molecule has 2 saturated heterocycles. The summed E-state index contributed by atoms with van der Waals surface area (Å²) in [5.74, 6) is -3.70. The lowest BCUT2D eigenvalue weighted by Gasteiger charge is -2.29. The Bertz CT molecular complexity index is 644. The molecule has 31 heavy (non-hydrogen) atoms. The van der Waals surface area contributed by atoms with Crippen LogP contribution in [0.15, 0.2) is 0 Å². The van der Waals surface area contributed by atoms with Crippen LogP contribution in [0.3, 0.4) is 0 Å². The molecule has 3 unspecified atom stereocenters. The lowest BCUT2D eigenvalue weighted by atomic mass is 9.99. The SMILES string of the molecule is CCOC(=O)C(C)(CCCN1OCC2C1C(F)(F)CN2C(=O)OC(C)(C)C)OCOC. The fraction of sp³-hybridized carbons (Fsp3) is 0.900. The molecule has 2 aliphatic rings. The lowest BCUT2D eigenvalue weighted by molar-refractivity contribution is -0.193. The number of methoxy groups -OCH3 is 1. The number of carbonyl (C=O) groups is 2.